The molecule has 0 saturated carbocycles. The van der Waals surface area contributed by atoms with E-state index in [4.69, 9.17) is 17.2 Å². The van der Waals surface area contributed by atoms with E-state index in [1.807, 2.05) is 50.4 Å². The summed E-state index contributed by atoms with van der Waals surface area (Å²) in [7, 11) is 1.88. The van der Waals surface area contributed by atoms with Gasteiger partial charge in [0, 0.05) is 29.8 Å². The first kappa shape index (κ1) is 13.7. The van der Waals surface area contributed by atoms with E-state index in [9.17, 15) is 0 Å². The van der Waals surface area contributed by atoms with Crippen molar-refractivity contribution in [3.8, 4) is 0 Å². The molecule has 2 rings (SSSR count). The molecule has 0 bridgehead atoms. The third-order valence-corrected chi connectivity index (χ3v) is 2.32. The Morgan fingerprint density at radius 2 is 1.28 bits per heavy atom. The van der Waals surface area contributed by atoms with Gasteiger partial charge in [0.1, 0.15) is 0 Å². The molecule has 0 atom stereocenters. The van der Waals surface area contributed by atoms with Gasteiger partial charge in [0.25, 0.3) is 0 Å². The second-order valence-electron chi connectivity index (χ2n) is 4.05. The third kappa shape index (κ3) is 4.65. The van der Waals surface area contributed by atoms with Crippen molar-refractivity contribution < 1.29 is 0 Å². The van der Waals surface area contributed by atoms with Crippen molar-refractivity contribution in [2.75, 3.05) is 29.6 Å². The van der Waals surface area contributed by atoms with E-state index in [-0.39, 0.29) is 0 Å². The summed E-state index contributed by atoms with van der Waals surface area (Å²) in [5.74, 6) is 0. The molecule has 0 aliphatic carbocycles. The number of aryl methyl sites for hydroxylation is 1. The summed E-state index contributed by atoms with van der Waals surface area (Å²) in [6, 6.07) is 13.1. The Morgan fingerprint density at radius 3 is 1.67 bits per heavy atom. The van der Waals surface area contributed by atoms with E-state index in [2.05, 4.69) is 5.32 Å². The standard InChI is InChI=1S/2C7H10N2/c1-5-2-6(8)4-7(9)3-5;1-9-7-4-2-6(8)3-5-7/h2-4H,8-9H2,1H3;2-5,9H,8H2,1H3. The van der Waals surface area contributed by atoms with Crippen molar-refractivity contribution in [1.29, 1.82) is 0 Å². The van der Waals surface area contributed by atoms with Crippen LogP contribution in [0.4, 0.5) is 22.7 Å². The first-order chi connectivity index (χ1) is 8.51. The Bertz CT molecular complexity index is 441. The van der Waals surface area contributed by atoms with Gasteiger partial charge in [-0.3, -0.25) is 0 Å². The molecule has 0 aromatic heterocycles. The average molecular weight is 244 g/mol. The van der Waals surface area contributed by atoms with Crippen LogP contribution in [0.2, 0.25) is 0 Å². The summed E-state index contributed by atoms with van der Waals surface area (Å²) in [4.78, 5) is 0. The van der Waals surface area contributed by atoms with Crippen LogP contribution >= 0.6 is 0 Å². The van der Waals surface area contributed by atoms with E-state index in [0.29, 0.717) is 0 Å². The van der Waals surface area contributed by atoms with E-state index in [1.165, 1.54) is 0 Å². The van der Waals surface area contributed by atoms with Crippen LogP contribution in [0.15, 0.2) is 42.5 Å². The highest BCUT2D eigenvalue weighted by Crippen LogP contribution is 2.11. The van der Waals surface area contributed by atoms with Gasteiger partial charge in [-0.25, -0.2) is 0 Å². The van der Waals surface area contributed by atoms with E-state index >= 15 is 0 Å². The molecule has 4 nitrogen and oxygen atoms in total. The fraction of sp³-hybridized carbons (Fsp3) is 0.143. The monoisotopic (exact) mass is 244 g/mol. The largest absolute Gasteiger partial charge is 0.399 e. The fourth-order valence-corrected chi connectivity index (χ4v) is 1.49. The maximum atomic E-state index is 5.48. The molecule has 2 aromatic rings. The van der Waals surface area contributed by atoms with Crippen LogP contribution in [0, 0.1) is 6.92 Å². The lowest BCUT2D eigenvalue weighted by Gasteiger charge is -1.97. The van der Waals surface area contributed by atoms with E-state index in [0.717, 1.165) is 28.3 Å². The molecule has 0 heterocycles. The number of nitrogens with two attached hydrogens (primary N) is 3. The van der Waals surface area contributed by atoms with Gasteiger partial charge < -0.3 is 22.5 Å². The van der Waals surface area contributed by atoms with Gasteiger partial charge in [0.2, 0.25) is 0 Å². The first-order valence-corrected chi connectivity index (χ1v) is 5.67. The predicted molar refractivity (Wildman–Crippen MR) is 80.4 cm³/mol. The molecule has 0 unspecified atom stereocenters. The Kier molecular flexibility index (Phi) is 4.87. The molecule has 0 saturated heterocycles. The lowest BCUT2D eigenvalue weighted by molar-refractivity contribution is 1.47. The van der Waals surface area contributed by atoms with Crippen LogP contribution in [-0.4, -0.2) is 7.05 Å². The number of rotatable bonds is 1. The summed E-state index contributed by atoms with van der Waals surface area (Å²) < 4.78 is 0. The molecular formula is C14H20N4. The third-order valence-electron chi connectivity index (χ3n) is 2.32. The van der Waals surface area contributed by atoms with E-state index in [1.54, 1.807) is 6.07 Å². The molecule has 4 heteroatoms. The van der Waals surface area contributed by atoms with Gasteiger partial charge in [-0.05, 0) is 55.0 Å². The summed E-state index contributed by atoms with van der Waals surface area (Å²) in [6.45, 7) is 1.96. The second-order valence-corrected chi connectivity index (χ2v) is 4.05. The van der Waals surface area contributed by atoms with Crippen LogP contribution in [0.3, 0.4) is 0 Å². The van der Waals surface area contributed by atoms with Crippen molar-refractivity contribution >= 4 is 22.7 Å². The fourth-order valence-electron chi connectivity index (χ4n) is 1.49. The zero-order chi connectivity index (χ0) is 13.5. The molecule has 0 fully saturated rings. The zero-order valence-corrected chi connectivity index (χ0v) is 10.8. The van der Waals surface area contributed by atoms with Gasteiger partial charge in [-0.15, -0.1) is 0 Å². The smallest absolute Gasteiger partial charge is 0.0339 e. The predicted octanol–water partition coefficient (Wildman–Crippen LogP) is 2.47. The Morgan fingerprint density at radius 1 is 0.778 bits per heavy atom. The minimum Gasteiger partial charge on any atom is -0.399 e. The van der Waals surface area contributed by atoms with Crippen LogP contribution in [0.1, 0.15) is 5.56 Å². The van der Waals surface area contributed by atoms with Crippen LogP contribution < -0.4 is 22.5 Å². The number of benzene rings is 2. The molecule has 7 N–H and O–H groups in total. The second kappa shape index (κ2) is 6.39. The molecule has 2 aromatic carbocycles. The number of anilines is 4. The van der Waals surface area contributed by atoms with Gasteiger partial charge >= 0.3 is 0 Å². The van der Waals surface area contributed by atoms with Crippen molar-refractivity contribution in [1.82, 2.24) is 0 Å². The highest BCUT2D eigenvalue weighted by atomic mass is 14.8. The molecule has 0 radical (unpaired) electrons. The van der Waals surface area contributed by atoms with Crippen LogP contribution in [0.5, 0.6) is 0 Å². The topological polar surface area (TPSA) is 90.1 Å². The van der Waals surface area contributed by atoms with Crippen molar-refractivity contribution in [2.45, 2.75) is 6.92 Å². The highest BCUT2D eigenvalue weighted by Gasteiger charge is 1.88. The highest BCUT2D eigenvalue weighted by molar-refractivity contribution is 5.53. The number of hydrogen-bond acceptors (Lipinski definition) is 4. The summed E-state index contributed by atoms with van der Waals surface area (Å²) in [5.41, 5.74) is 20.9. The van der Waals surface area contributed by atoms with E-state index < -0.39 is 0 Å². The van der Waals surface area contributed by atoms with Crippen molar-refractivity contribution in [3.05, 3.63) is 48.0 Å². The number of nitrogens with one attached hydrogen (secondary N) is 1. The first-order valence-electron chi connectivity index (χ1n) is 5.67. The molecule has 96 valence electrons. The Labute approximate surface area is 108 Å². The number of hydrogen-bond donors (Lipinski definition) is 4. The Hall–Kier alpha value is -2.36. The molecule has 0 amide bonds. The maximum Gasteiger partial charge on any atom is 0.0339 e. The molecule has 0 aliphatic rings. The van der Waals surface area contributed by atoms with Crippen LogP contribution in [-0.2, 0) is 0 Å². The zero-order valence-electron chi connectivity index (χ0n) is 10.8. The molecule has 0 spiro atoms. The minimum absolute atomic E-state index is 0.729. The maximum absolute atomic E-state index is 5.48. The number of nitrogen functional groups attached to an aromatic ring is 3. The molecule has 18 heavy (non-hydrogen) atoms. The lowest BCUT2D eigenvalue weighted by Crippen LogP contribution is -1.90. The Balaban J connectivity index is 0.000000180. The summed E-state index contributed by atoms with van der Waals surface area (Å²) >= 11 is 0. The van der Waals surface area contributed by atoms with Gasteiger partial charge in [-0.2, -0.15) is 0 Å². The quantitative estimate of drug-likeness (QED) is 0.580. The van der Waals surface area contributed by atoms with Gasteiger partial charge in [-0.1, -0.05) is 0 Å². The average Bonchev–Trinajstić information content (AvgIpc) is 2.29. The van der Waals surface area contributed by atoms with Gasteiger partial charge in [0.05, 0.1) is 0 Å². The summed E-state index contributed by atoms with van der Waals surface area (Å²) in [6.07, 6.45) is 0. The molecule has 0 aliphatic heterocycles. The molecular weight excluding hydrogens is 224 g/mol. The van der Waals surface area contributed by atoms with Crippen molar-refractivity contribution in [2.24, 2.45) is 0 Å². The van der Waals surface area contributed by atoms with Gasteiger partial charge in [0.15, 0.2) is 0 Å². The minimum atomic E-state index is 0.729. The summed E-state index contributed by atoms with van der Waals surface area (Å²) in [5, 5.41) is 3.00. The normalized spacial score (nSPS) is 9.22. The SMILES string of the molecule is CNc1ccc(N)cc1.Cc1cc(N)cc(N)c1. The van der Waals surface area contributed by atoms with Crippen molar-refractivity contribution in [3.63, 3.8) is 0 Å². The lowest BCUT2D eigenvalue weighted by atomic mass is 10.2. The van der Waals surface area contributed by atoms with Crippen LogP contribution in [0.25, 0.3) is 0 Å².